The van der Waals surface area contributed by atoms with Crippen LogP contribution in [0.4, 0.5) is 0 Å². The molecule has 0 aliphatic rings. The van der Waals surface area contributed by atoms with Crippen LogP contribution in [0.15, 0.2) is 47.4 Å². The zero-order valence-electron chi connectivity index (χ0n) is 14.5. The number of ether oxygens (including phenoxy) is 1. The quantitative estimate of drug-likeness (QED) is 0.644. The molecular weight excluding hydrogens is 358 g/mol. The predicted octanol–water partition coefficient (Wildman–Crippen LogP) is 1.72. The third kappa shape index (κ3) is 5.29. The maximum absolute atomic E-state index is 12.3. The molecule has 1 unspecified atom stereocenters. The molecule has 2 rings (SSSR count). The number of carboxylic acid groups (broad SMARTS) is 1. The van der Waals surface area contributed by atoms with Gasteiger partial charge in [-0.25, -0.2) is 17.9 Å². The first-order valence-electron chi connectivity index (χ1n) is 7.90. The Bertz CT molecular complexity index is 874. The third-order valence-corrected chi connectivity index (χ3v) is 5.04. The lowest BCUT2D eigenvalue weighted by molar-refractivity contribution is 0.0692. The summed E-state index contributed by atoms with van der Waals surface area (Å²) in [6.45, 7) is 3.43. The highest BCUT2D eigenvalue weighted by molar-refractivity contribution is 7.89. The number of hydrogen-bond acceptors (Lipinski definition) is 5. The largest absolute Gasteiger partial charge is 0.491 e. The summed E-state index contributed by atoms with van der Waals surface area (Å²) in [6.07, 6.45) is -1.09. The van der Waals surface area contributed by atoms with Gasteiger partial charge in [0.05, 0.1) is 10.5 Å². The summed E-state index contributed by atoms with van der Waals surface area (Å²) in [7, 11) is -4.07. The third-order valence-electron chi connectivity index (χ3n) is 3.55. The van der Waals surface area contributed by atoms with Gasteiger partial charge in [-0.1, -0.05) is 18.2 Å². The van der Waals surface area contributed by atoms with Gasteiger partial charge in [0.15, 0.2) is 0 Å². The van der Waals surface area contributed by atoms with Crippen LogP contribution in [0.1, 0.15) is 21.5 Å². The van der Waals surface area contributed by atoms with E-state index in [2.05, 4.69) is 4.72 Å². The van der Waals surface area contributed by atoms with Crippen molar-refractivity contribution < 1.29 is 28.2 Å². The molecule has 0 fully saturated rings. The van der Waals surface area contributed by atoms with Crippen LogP contribution in [0.3, 0.4) is 0 Å². The van der Waals surface area contributed by atoms with E-state index in [1.54, 1.807) is 0 Å². The smallest absolute Gasteiger partial charge is 0.337 e. The molecule has 0 heterocycles. The summed E-state index contributed by atoms with van der Waals surface area (Å²) in [5.41, 5.74) is 1.70. The number of aliphatic hydroxyl groups excluding tert-OH is 1. The number of aliphatic hydroxyl groups is 1. The van der Waals surface area contributed by atoms with Crippen LogP contribution in [0.2, 0.25) is 0 Å². The van der Waals surface area contributed by atoms with Gasteiger partial charge in [0.25, 0.3) is 0 Å². The summed E-state index contributed by atoms with van der Waals surface area (Å²) in [6, 6.07) is 10.9. The van der Waals surface area contributed by atoms with Gasteiger partial charge >= 0.3 is 5.97 Å². The van der Waals surface area contributed by atoms with E-state index in [0.717, 1.165) is 11.1 Å². The zero-order chi connectivity index (χ0) is 19.3. The van der Waals surface area contributed by atoms with Crippen LogP contribution in [0.5, 0.6) is 5.75 Å². The number of carbonyl (C=O) groups is 1. The number of aromatic carboxylic acids is 1. The molecule has 2 aromatic rings. The summed E-state index contributed by atoms with van der Waals surface area (Å²) in [4.78, 5) is 10.8. The molecule has 26 heavy (non-hydrogen) atoms. The monoisotopic (exact) mass is 379 g/mol. The molecule has 8 heteroatoms. The van der Waals surface area contributed by atoms with Crippen molar-refractivity contribution in [1.82, 2.24) is 4.72 Å². The fourth-order valence-electron chi connectivity index (χ4n) is 2.43. The SMILES string of the molecule is Cc1cc(C)cc(OCC(O)CNS(=O)(=O)c2ccccc2C(=O)O)c1. The molecule has 0 aromatic heterocycles. The number of nitrogens with one attached hydrogen (secondary N) is 1. The molecule has 0 saturated carbocycles. The topological polar surface area (TPSA) is 113 Å². The Kier molecular flexibility index (Phi) is 6.36. The second kappa shape index (κ2) is 8.31. The summed E-state index contributed by atoms with van der Waals surface area (Å²) < 4.78 is 32.3. The van der Waals surface area contributed by atoms with E-state index in [1.165, 1.54) is 24.3 Å². The lowest BCUT2D eigenvalue weighted by atomic mass is 10.1. The molecular formula is C18H21NO6S. The molecule has 7 nitrogen and oxygen atoms in total. The van der Waals surface area contributed by atoms with Gasteiger partial charge in [0.2, 0.25) is 10.0 Å². The average molecular weight is 379 g/mol. The number of rotatable bonds is 8. The molecule has 140 valence electrons. The second-order valence-electron chi connectivity index (χ2n) is 5.94. The summed E-state index contributed by atoms with van der Waals surface area (Å²) in [5.74, 6) is -0.759. The van der Waals surface area contributed by atoms with E-state index in [1.807, 2.05) is 32.0 Å². The van der Waals surface area contributed by atoms with Crippen molar-refractivity contribution in [3.63, 3.8) is 0 Å². The normalized spacial score (nSPS) is 12.6. The Hall–Kier alpha value is -2.42. The molecule has 0 saturated heterocycles. The van der Waals surface area contributed by atoms with Gasteiger partial charge in [-0.2, -0.15) is 0 Å². The highest BCUT2D eigenvalue weighted by Crippen LogP contribution is 2.17. The van der Waals surface area contributed by atoms with Gasteiger partial charge in [-0.3, -0.25) is 0 Å². The fourth-order valence-corrected chi connectivity index (χ4v) is 3.70. The van der Waals surface area contributed by atoms with Crippen molar-refractivity contribution in [1.29, 1.82) is 0 Å². The zero-order valence-corrected chi connectivity index (χ0v) is 15.3. The minimum absolute atomic E-state index is 0.105. The van der Waals surface area contributed by atoms with E-state index in [-0.39, 0.29) is 23.6 Å². The van der Waals surface area contributed by atoms with Gasteiger partial charge in [-0.15, -0.1) is 0 Å². The Morgan fingerprint density at radius 1 is 1.15 bits per heavy atom. The Labute approximate surface area is 152 Å². The molecule has 0 aliphatic heterocycles. The van der Waals surface area contributed by atoms with Crippen molar-refractivity contribution >= 4 is 16.0 Å². The van der Waals surface area contributed by atoms with E-state index in [0.29, 0.717) is 5.75 Å². The van der Waals surface area contributed by atoms with Crippen LogP contribution in [0.25, 0.3) is 0 Å². The number of benzene rings is 2. The maximum Gasteiger partial charge on any atom is 0.337 e. The van der Waals surface area contributed by atoms with Crippen LogP contribution >= 0.6 is 0 Å². The lowest BCUT2D eigenvalue weighted by Crippen LogP contribution is -2.35. The Morgan fingerprint density at radius 3 is 2.38 bits per heavy atom. The Morgan fingerprint density at radius 2 is 1.77 bits per heavy atom. The number of carboxylic acids is 1. The summed E-state index contributed by atoms with van der Waals surface area (Å²) in [5, 5.41) is 19.1. The van der Waals surface area contributed by atoms with Crippen LogP contribution in [-0.2, 0) is 10.0 Å². The van der Waals surface area contributed by atoms with Crippen LogP contribution in [0, 0.1) is 13.8 Å². The first-order valence-corrected chi connectivity index (χ1v) is 9.38. The highest BCUT2D eigenvalue weighted by atomic mass is 32.2. The first-order chi connectivity index (χ1) is 12.2. The van der Waals surface area contributed by atoms with Crippen molar-refractivity contribution in [2.45, 2.75) is 24.8 Å². The molecule has 0 amide bonds. The molecule has 0 bridgehead atoms. The van der Waals surface area contributed by atoms with Gasteiger partial charge in [0, 0.05) is 6.54 Å². The van der Waals surface area contributed by atoms with E-state index < -0.39 is 22.1 Å². The fraction of sp³-hybridized carbons (Fsp3) is 0.278. The van der Waals surface area contributed by atoms with Crippen LogP contribution in [-0.4, -0.2) is 43.9 Å². The number of aryl methyl sites for hydroxylation is 2. The lowest BCUT2D eigenvalue weighted by Gasteiger charge is -2.15. The maximum atomic E-state index is 12.3. The second-order valence-corrected chi connectivity index (χ2v) is 7.68. The number of sulfonamides is 1. The van der Waals surface area contributed by atoms with E-state index in [9.17, 15) is 18.3 Å². The van der Waals surface area contributed by atoms with E-state index >= 15 is 0 Å². The minimum atomic E-state index is -4.07. The molecule has 0 radical (unpaired) electrons. The van der Waals surface area contributed by atoms with Gasteiger partial charge < -0.3 is 14.9 Å². The van der Waals surface area contributed by atoms with Crippen molar-refractivity contribution in [3.8, 4) is 5.75 Å². The summed E-state index contributed by atoms with van der Waals surface area (Å²) >= 11 is 0. The molecule has 1 atom stereocenters. The Balaban J connectivity index is 1.98. The minimum Gasteiger partial charge on any atom is -0.491 e. The van der Waals surface area contributed by atoms with Gasteiger partial charge in [-0.05, 0) is 49.2 Å². The standard InChI is InChI=1S/C18H21NO6S/c1-12-7-13(2)9-15(8-12)25-11-14(20)10-19-26(23,24)17-6-4-3-5-16(17)18(21)22/h3-9,14,19-20H,10-11H2,1-2H3,(H,21,22). The molecule has 2 aromatic carbocycles. The molecule has 0 spiro atoms. The highest BCUT2D eigenvalue weighted by Gasteiger charge is 2.22. The predicted molar refractivity (Wildman–Crippen MR) is 96.0 cm³/mol. The van der Waals surface area contributed by atoms with Crippen LogP contribution < -0.4 is 9.46 Å². The number of hydrogen-bond donors (Lipinski definition) is 3. The average Bonchev–Trinajstić information content (AvgIpc) is 2.57. The van der Waals surface area contributed by atoms with Crippen molar-refractivity contribution in [2.24, 2.45) is 0 Å². The van der Waals surface area contributed by atoms with Crippen molar-refractivity contribution in [3.05, 3.63) is 59.2 Å². The molecule has 0 aliphatic carbocycles. The van der Waals surface area contributed by atoms with E-state index in [4.69, 9.17) is 9.84 Å². The molecule has 3 N–H and O–H groups in total. The van der Waals surface area contributed by atoms with Crippen molar-refractivity contribution in [2.75, 3.05) is 13.2 Å². The first kappa shape index (κ1) is 19.9. The van der Waals surface area contributed by atoms with Gasteiger partial charge in [0.1, 0.15) is 18.5 Å².